The van der Waals surface area contributed by atoms with Gasteiger partial charge in [-0.3, -0.25) is 4.79 Å². The molecule has 0 aromatic rings. The van der Waals surface area contributed by atoms with Crippen molar-refractivity contribution in [3.8, 4) is 0 Å². The Kier molecular flexibility index (Phi) is 13.4. The van der Waals surface area contributed by atoms with Crippen LogP contribution in [0.3, 0.4) is 0 Å². The topological polar surface area (TPSA) is 88.6 Å². The van der Waals surface area contributed by atoms with E-state index >= 15 is 0 Å². The highest BCUT2D eigenvalue weighted by atomic mass is 16.6. The Bertz CT molecular complexity index is 980. The normalized spacial score (nSPS) is 30.3. The molecular formula is C33H53N3O6. The summed E-state index contributed by atoms with van der Waals surface area (Å²) in [5.41, 5.74) is 0.918. The average molecular weight is 588 g/mol. The first kappa shape index (κ1) is 33.7. The minimum absolute atomic E-state index is 0.0508. The van der Waals surface area contributed by atoms with E-state index in [1.807, 2.05) is 51.2 Å². The van der Waals surface area contributed by atoms with E-state index in [1.165, 1.54) is 0 Å². The van der Waals surface area contributed by atoms with Crippen molar-refractivity contribution in [2.24, 2.45) is 23.7 Å². The second-order valence-electron chi connectivity index (χ2n) is 12.7. The lowest BCUT2D eigenvalue weighted by atomic mass is 9.90. The monoisotopic (exact) mass is 587 g/mol. The van der Waals surface area contributed by atoms with E-state index < -0.39 is 6.10 Å². The second-order valence-corrected chi connectivity index (χ2v) is 12.7. The summed E-state index contributed by atoms with van der Waals surface area (Å²) in [6.45, 7) is 15.1. The van der Waals surface area contributed by atoms with Gasteiger partial charge in [0.15, 0.2) is 0 Å². The maximum Gasteiger partial charge on any atom is 0.410 e. The van der Waals surface area contributed by atoms with Crippen LogP contribution in [0.2, 0.25) is 0 Å². The number of amides is 2. The van der Waals surface area contributed by atoms with Crippen molar-refractivity contribution in [1.29, 1.82) is 0 Å². The minimum atomic E-state index is -0.447. The fourth-order valence-corrected chi connectivity index (χ4v) is 5.55. The number of carbonyl (C=O) groups is 3. The van der Waals surface area contributed by atoms with Gasteiger partial charge in [-0.1, -0.05) is 52.0 Å². The number of allylic oxidation sites excluding steroid dienone is 2. The molecule has 0 radical (unpaired) electrons. The number of hydrogen-bond acceptors (Lipinski definition) is 7. The summed E-state index contributed by atoms with van der Waals surface area (Å²) < 4.78 is 17.5. The molecule has 0 N–H and O–H groups in total. The minimum Gasteiger partial charge on any atom is -0.457 e. The van der Waals surface area contributed by atoms with Crippen LogP contribution in [0.15, 0.2) is 36.0 Å². The van der Waals surface area contributed by atoms with Crippen molar-refractivity contribution in [2.45, 2.75) is 78.9 Å². The van der Waals surface area contributed by atoms with E-state index in [1.54, 1.807) is 9.80 Å². The van der Waals surface area contributed by atoms with E-state index in [9.17, 15) is 14.4 Å². The van der Waals surface area contributed by atoms with Crippen molar-refractivity contribution in [3.05, 3.63) is 36.0 Å². The van der Waals surface area contributed by atoms with Crippen LogP contribution in [-0.4, -0.2) is 98.0 Å². The zero-order chi connectivity index (χ0) is 30.6. The van der Waals surface area contributed by atoms with E-state index in [2.05, 4.69) is 25.8 Å². The summed E-state index contributed by atoms with van der Waals surface area (Å²) in [7, 11) is 2.06. The lowest BCUT2D eigenvalue weighted by molar-refractivity contribution is -0.149. The second kappa shape index (κ2) is 16.7. The molecule has 0 aromatic heterocycles. The number of piperazine rings is 1. The highest BCUT2D eigenvalue weighted by Gasteiger charge is 2.28. The molecule has 0 unspecified atom stereocenters. The number of cyclic esters (lactones) is 1. The number of esters is 1. The van der Waals surface area contributed by atoms with E-state index in [4.69, 9.17) is 14.2 Å². The molecule has 3 rings (SSSR count). The van der Waals surface area contributed by atoms with Gasteiger partial charge in [-0.25, -0.2) is 9.59 Å². The Labute approximate surface area is 252 Å². The summed E-state index contributed by atoms with van der Waals surface area (Å²) >= 11 is 0. The summed E-state index contributed by atoms with van der Waals surface area (Å²) in [6.07, 6.45) is 12.7. The molecule has 0 aromatic carbocycles. The molecule has 9 nitrogen and oxygen atoms in total. The SMILES string of the molecule is C/C(=C\C=C\[C@@H](C)COC(=O)N1CCCC1)[C@H]1OC(=O)C[C@H](C)CC[C@H](C)[C@@H](OC(=O)N2CCN(C)CC2)/C=C/[C@@H]1C. The maximum absolute atomic E-state index is 13.0. The third-order valence-electron chi connectivity index (χ3n) is 8.61. The predicted molar refractivity (Wildman–Crippen MR) is 164 cm³/mol. The zero-order valence-corrected chi connectivity index (χ0v) is 26.6. The van der Waals surface area contributed by atoms with Gasteiger partial charge in [0.05, 0.1) is 6.61 Å². The summed E-state index contributed by atoms with van der Waals surface area (Å²) in [4.78, 5) is 43.8. The van der Waals surface area contributed by atoms with Crippen LogP contribution in [-0.2, 0) is 19.0 Å². The highest BCUT2D eigenvalue weighted by Crippen LogP contribution is 2.26. The van der Waals surface area contributed by atoms with Crippen LogP contribution in [0.5, 0.6) is 0 Å². The Morgan fingerprint density at radius 1 is 1.00 bits per heavy atom. The average Bonchev–Trinajstić information content (AvgIpc) is 3.50. The van der Waals surface area contributed by atoms with E-state index in [-0.39, 0.29) is 47.9 Å². The lowest BCUT2D eigenvalue weighted by Gasteiger charge is -2.33. The predicted octanol–water partition coefficient (Wildman–Crippen LogP) is 5.67. The first-order valence-electron chi connectivity index (χ1n) is 15.8. The largest absolute Gasteiger partial charge is 0.457 e. The van der Waals surface area contributed by atoms with Crippen molar-refractivity contribution < 1.29 is 28.6 Å². The van der Waals surface area contributed by atoms with Crippen molar-refractivity contribution in [3.63, 3.8) is 0 Å². The number of carbonyl (C=O) groups excluding carboxylic acids is 3. The quantitative estimate of drug-likeness (QED) is 0.171. The third-order valence-corrected chi connectivity index (χ3v) is 8.61. The number of hydrogen-bond donors (Lipinski definition) is 0. The van der Waals surface area contributed by atoms with Gasteiger partial charge in [-0.05, 0) is 63.1 Å². The molecule has 3 aliphatic heterocycles. The molecule has 9 heteroatoms. The smallest absolute Gasteiger partial charge is 0.410 e. The van der Waals surface area contributed by atoms with Gasteiger partial charge in [-0.2, -0.15) is 0 Å². The first-order chi connectivity index (χ1) is 20.0. The Morgan fingerprint density at radius 3 is 2.36 bits per heavy atom. The van der Waals surface area contributed by atoms with Crippen LogP contribution < -0.4 is 0 Å². The molecule has 3 heterocycles. The molecule has 3 aliphatic rings. The molecule has 0 spiro atoms. The van der Waals surface area contributed by atoms with Crippen molar-refractivity contribution >= 4 is 18.2 Å². The Balaban J connectivity index is 1.67. The van der Waals surface area contributed by atoms with Gasteiger partial charge >= 0.3 is 18.2 Å². The molecular weight excluding hydrogens is 534 g/mol. The molecule has 236 valence electrons. The van der Waals surface area contributed by atoms with Gasteiger partial charge in [-0.15, -0.1) is 0 Å². The van der Waals surface area contributed by atoms with Crippen LogP contribution in [0, 0.1) is 23.7 Å². The molecule has 6 atom stereocenters. The van der Waals surface area contributed by atoms with Gasteiger partial charge in [0, 0.05) is 57.5 Å². The van der Waals surface area contributed by atoms with E-state index in [0.717, 1.165) is 57.4 Å². The summed E-state index contributed by atoms with van der Waals surface area (Å²) in [6, 6.07) is 0. The van der Waals surface area contributed by atoms with Crippen molar-refractivity contribution in [2.75, 3.05) is 52.9 Å². The Morgan fingerprint density at radius 2 is 1.67 bits per heavy atom. The standard InChI is InChI=1S/C33H53N3O6/c1-24-12-13-26(3)29(41-33(39)36-20-18-34(6)19-21-36)15-14-28(5)31(42-30(37)22-24)27(4)11-9-10-25(2)23-40-32(38)35-16-7-8-17-35/h9-11,14-15,24-26,28-29,31H,7-8,12-13,16-23H2,1-6H3/b10-9+,15-14+,27-11+/t24-,25-,26+,28+,29+,31-/m1/s1. The van der Waals surface area contributed by atoms with Crippen LogP contribution in [0.25, 0.3) is 0 Å². The molecule has 2 amide bonds. The molecule has 2 saturated heterocycles. The molecule has 2 fully saturated rings. The number of likely N-dealkylation sites (N-methyl/N-ethyl adjacent to an activating group) is 1. The fourth-order valence-electron chi connectivity index (χ4n) is 5.55. The van der Waals surface area contributed by atoms with Gasteiger partial charge < -0.3 is 28.9 Å². The highest BCUT2D eigenvalue weighted by molar-refractivity contribution is 5.70. The lowest BCUT2D eigenvalue weighted by Crippen LogP contribution is -2.48. The summed E-state index contributed by atoms with van der Waals surface area (Å²) in [5, 5.41) is 0. The summed E-state index contributed by atoms with van der Waals surface area (Å²) in [5.74, 6) is 0.0282. The number of rotatable bonds is 6. The molecule has 42 heavy (non-hydrogen) atoms. The van der Waals surface area contributed by atoms with Gasteiger partial charge in [0.25, 0.3) is 0 Å². The molecule has 0 saturated carbocycles. The first-order valence-corrected chi connectivity index (χ1v) is 15.8. The van der Waals surface area contributed by atoms with Crippen LogP contribution in [0.4, 0.5) is 9.59 Å². The number of likely N-dealkylation sites (tertiary alicyclic amines) is 1. The Hall–Kier alpha value is -2.81. The number of nitrogens with zero attached hydrogens (tertiary/aromatic N) is 3. The molecule has 0 aliphatic carbocycles. The third kappa shape index (κ3) is 10.8. The van der Waals surface area contributed by atoms with Gasteiger partial charge in [0.2, 0.25) is 0 Å². The van der Waals surface area contributed by atoms with Crippen LogP contribution in [0.1, 0.15) is 66.7 Å². The zero-order valence-electron chi connectivity index (χ0n) is 26.6. The van der Waals surface area contributed by atoms with Gasteiger partial charge in [0.1, 0.15) is 12.2 Å². The number of ether oxygens (including phenoxy) is 3. The fraction of sp³-hybridized carbons (Fsp3) is 0.727. The van der Waals surface area contributed by atoms with E-state index in [0.29, 0.717) is 26.1 Å². The molecule has 0 bridgehead atoms. The van der Waals surface area contributed by atoms with Crippen LogP contribution >= 0.6 is 0 Å². The van der Waals surface area contributed by atoms with Crippen molar-refractivity contribution in [1.82, 2.24) is 14.7 Å². The maximum atomic E-state index is 13.0.